The minimum Gasteiger partial charge on any atom is -0.463 e. The predicted octanol–water partition coefficient (Wildman–Crippen LogP) is 2.53. The molecule has 1 aromatic rings. The van der Waals surface area contributed by atoms with Crippen molar-refractivity contribution in [1.29, 1.82) is 0 Å². The lowest BCUT2D eigenvalue weighted by Crippen LogP contribution is -2.48. The number of nitrogens with one attached hydrogen (secondary N) is 1. The zero-order valence-corrected chi connectivity index (χ0v) is 18.8. The Morgan fingerprint density at radius 3 is 2.62 bits per heavy atom. The standard InChI is InChI=1S/C25H34N2O5/c1-4-6-12-24(30)32-17-18(3)26-25(31)20(9-5-2)14-23(29)27-15-21-11-8-7-10-19(21)13-22(27)16-28/h4-5,7-8,10-11,18,20,22,28H,1-2,6,9,12-17H2,3H3,(H,26,31). The number of rotatable bonds is 12. The van der Waals surface area contributed by atoms with Crippen LogP contribution < -0.4 is 5.32 Å². The molecule has 0 spiro atoms. The number of carbonyl (C=O) groups excluding carboxylic acids is 3. The third-order valence-electron chi connectivity index (χ3n) is 5.57. The van der Waals surface area contributed by atoms with Crippen molar-refractivity contribution in [2.24, 2.45) is 5.92 Å². The van der Waals surface area contributed by atoms with Gasteiger partial charge >= 0.3 is 5.97 Å². The first-order valence-corrected chi connectivity index (χ1v) is 11.0. The van der Waals surface area contributed by atoms with Gasteiger partial charge in [-0.3, -0.25) is 14.4 Å². The van der Waals surface area contributed by atoms with Crippen LogP contribution in [0.3, 0.4) is 0 Å². The molecule has 174 valence electrons. The fourth-order valence-corrected chi connectivity index (χ4v) is 3.77. The van der Waals surface area contributed by atoms with Gasteiger partial charge in [-0.25, -0.2) is 0 Å². The van der Waals surface area contributed by atoms with Crippen molar-refractivity contribution in [2.75, 3.05) is 13.2 Å². The fraction of sp³-hybridized carbons (Fsp3) is 0.480. The van der Waals surface area contributed by atoms with Crippen molar-refractivity contribution >= 4 is 17.8 Å². The molecule has 1 aromatic carbocycles. The average Bonchev–Trinajstić information content (AvgIpc) is 2.79. The van der Waals surface area contributed by atoms with E-state index in [9.17, 15) is 19.5 Å². The van der Waals surface area contributed by atoms with Gasteiger partial charge < -0.3 is 20.1 Å². The summed E-state index contributed by atoms with van der Waals surface area (Å²) in [5.41, 5.74) is 2.19. The number of aliphatic hydroxyl groups is 1. The minimum atomic E-state index is -0.588. The highest BCUT2D eigenvalue weighted by molar-refractivity contribution is 5.86. The van der Waals surface area contributed by atoms with Crippen LogP contribution in [0.4, 0.5) is 0 Å². The molecule has 0 aromatic heterocycles. The van der Waals surface area contributed by atoms with Crippen molar-refractivity contribution < 1.29 is 24.2 Å². The normalized spacial score (nSPS) is 16.9. The summed E-state index contributed by atoms with van der Waals surface area (Å²) in [6.45, 7) is 9.36. The molecule has 0 fully saturated rings. The first-order valence-electron chi connectivity index (χ1n) is 11.0. The molecule has 0 radical (unpaired) electrons. The third kappa shape index (κ3) is 7.34. The Labute approximate surface area is 190 Å². The monoisotopic (exact) mass is 442 g/mol. The van der Waals surface area contributed by atoms with Crippen molar-refractivity contribution in [3.05, 3.63) is 60.7 Å². The Bertz CT molecular complexity index is 822. The first kappa shape index (κ1) is 25.3. The van der Waals surface area contributed by atoms with Crippen LogP contribution in [0.2, 0.25) is 0 Å². The van der Waals surface area contributed by atoms with Crippen LogP contribution in [0.5, 0.6) is 0 Å². The number of nitrogens with zero attached hydrogens (tertiary/aromatic N) is 1. The van der Waals surface area contributed by atoms with E-state index in [-0.39, 0.29) is 55.9 Å². The van der Waals surface area contributed by atoms with E-state index < -0.39 is 5.92 Å². The summed E-state index contributed by atoms with van der Waals surface area (Å²) in [6.07, 6.45) is 5.00. The van der Waals surface area contributed by atoms with Crippen LogP contribution in [-0.2, 0) is 32.1 Å². The molecule has 3 unspecified atom stereocenters. The van der Waals surface area contributed by atoms with E-state index in [2.05, 4.69) is 18.5 Å². The molecule has 7 heteroatoms. The van der Waals surface area contributed by atoms with E-state index in [0.717, 1.165) is 11.1 Å². The third-order valence-corrected chi connectivity index (χ3v) is 5.57. The molecule has 1 aliphatic rings. The fourth-order valence-electron chi connectivity index (χ4n) is 3.77. The number of allylic oxidation sites excluding steroid dienone is 2. The quantitative estimate of drug-likeness (QED) is 0.383. The number of fused-ring (bicyclic) bond motifs is 1. The van der Waals surface area contributed by atoms with Crippen molar-refractivity contribution in [1.82, 2.24) is 10.2 Å². The molecule has 2 rings (SSSR count). The summed E-state index contributed by atoms with van der Waals surface area (Å²) in [5.74, 6) is -1.39. The van der Waals surface area contributed by atoms with E-state index in [1.165, 1.54) is 0 Å². The molecule has 2 N–H and O–H groups in total. The van der Waals surface area contributed by atoms with Gasteiger partial charge in [-0.2, -0.15) is 0 Å². The lowest BCUT2D eigenvalue weighted by Gasteiger charge is -2.36. The molecule has 32 heavy (non-hydrogen) atoms. The molecule has 7 nitrogen and oxygen atoms in total. The Hall–Kier alpha value is -2.93. The van der Waals surface area contributed by atoms with Crippen molar-refractivity contribution in [3.63, 3.8) is 0 Å². The summed E-state index contributed by atoms with van der Waals surface area (Å²) >= 11 is 0. The Morgan fingerprint density at radius 1 is 1.25 bits per heavy atom. The van der Waals surface area contributed by atoms with E-state index in [1.807, 2.05) is 24.3 Å². The molecule has 3 atom stereocenters. The number of carbonyl (C=O) groups is 3. The maximum Gasteiger partial charge on any atom is 0.306 e. The topological polar surface area (TPSA) is 95.9 Å². The highest BCUT2D eigenvalue weighted by Gasteiger charge is 2.32. The van der Waals surface area contributed by atoms with Gasteiger partial charge in [0.2, 0.25) is 11.8 Å². The summed E-state index contributed by atoms with van der Waals surface area (Å²) < 4.78 is 5.16. The highest BCUT2D eigenvalue weighted by atomic mass is 16.5. The van der Waals surface area contributed by atoms with Crippen molar-refractivity contribution in [2.45, 2.75) is 57.7 Å². The molecule has 0 saturated heterocycles. The Morgan fingerprint density at radius 2 is 1.97 bits per heavy atom. The molecule has 0 aliphatic carbocycles. The molecule has 1 heterocycles. The lowest BCUT2D eigenvalue weighted by atomic mass is 9.92. The second-order valence-corrected chi connectivity index (χ2v) is 8.18. The summed E-state index contributed by atoms with van der Waals surface area (Å²) in [7, 11) is 0. The van der Waals surface area contributed by atoms with Gasteiger partial charge in [-0.15, -0.1) is 13.2 Å². The minimum absolute atomic E-state index is 0.0162. The van der Waals surface area contributed by atoms with Crippen molar-refractivity contribution in [3.8, 4) is 0 Å². The van der Waals surface area contributed by atoms with Gasteiger partial charge in [-0.1, -0.05) is 36.4 Å². The van der Waals surface area contributed by atoms with Gasteiger partial charge in [0.1, 0.15) is 6.61 Å². The smallest absolute Gasteiger partial charge is 0.306 e. The largest absolute Gasteiger partial charge is 0.463 e. The van der Waals surface area contributed by atoms with Crippen LogP contribution in [0, 0.1) is 5.92 Å². The second kappa shape index (κ2) is 12.8. The number of ether oxygens (including phenoxy) is 1. The van der Waals surface area contributed by atoms with Gasteiger partial charge in [0.15, 0.2) is 0 Å². The number of hydrogen-bond donors (Lipinski definition) is 2. The first-order chi connectivity index (χ1) is 15.4. The summed E-state index contributed by atoms with van der Waals surface area (Å²) in [4.78, 5) is 39.2. The molecular weight excluding hydrogens is 408 g/mol. The van der Waals surface area contributed by atoms with Gasteiger partial charge in [-0.05, 0) is 37.3 Å². The number of benzene rings is 1. The number of hydrogen-bond acceptors (Lipinski definition) is 5. The van der Waals surface area contributed by atoms with Gasteiger partial charge in [0, 0.05) is 19.4 Å². The zero-order chi connectivity index (χ0) is 23.5. The molecule has 1 aliphatic heterocycles. The van der Waals surface area contributed by atoms with Gasteiger partial charge in [0.25, 0.3) is 0 Å². The highest BCUT2D eigenvalue weighted by Crippen LogP contribution is 2.25. The molecule has 0 saturated carbocycles. The second-order valence-electron chi connectivity index (χ2n) is 8.18. The van der Waals surface area contributed by atoms with Gasteiger partial charge in [0.05, 0.1) is 24.6 Å². The van der Waals surface area contributed by atoms with E-state index >= 15 is 0 Å². The molecule has 2 amide bonds. The Balaban J connectivity index is 1.95. The summed E-state index contributed by atoms with van der Waals surface area (Å²) in [6, 6.07) is 7.19. The average molecular weight is 443 g/mol. The van der Waals surface area contributed by atoms with Crippen LogP contribution in [-0.4, -0.2) is 53.1 Å². The van der Waals surface area contributed by atoms with E-state index in [0.29, 0.717) is 25.8 Å². The molecule has 0 bridgehead atoms. The van der Waals surface area contributed by atoms with E-state index in [1.54, 1.807) is 24.0 Å². The predicted molar refractivity (Wildman–Crippen MR) is 122 cm³/mol. The Kier molecular flexibility index (Phi) is 10.1. The van der Waals surface area contributed by atoms with Crippen LogP contribution >= 0.6 is 0 Å². The van der Waals surface area contributed by atoms with Crippen LogP contribution in [0.25, 0.3) is 0 Å². The maximum atomic E-state index is 13.1. The lowest BCUT2D eigenvalue weighted by molar-refractivity contribution is -0.145. The van der Waals surface area contributed by atoms with Crippen LogP contribution in [0.1, 0.15) is 43.7 Å². The molecular formula is C25H34N2O5. The summed E-state index contributed by atoms with van der Waals surface area (Å²) in [5, 5.41) is 12.6. The number of aliphatic hydroxyl groups excluding tert-OH is 1. The van der Waals surface area contributed by atoms with E-state index in [4.69, 9.17) is 4.74 Å². The maximum absolute atomic E-state index is 13.1. The number of esters is 1. The van der Waals surface area contributed by atoms with Crippen LogP contribution in [0.15, 0.2) is 49.6 Å². The number of amides is 2. The SMILES string of the molecule is C=CCCC(=O)OCC(C)NC(=O)C(CC=C)CC(=O)N1Cc2ccccc2CC1CO. The zero-order valence-electron chi connectivity index (χ0n) is 18.8.